The summed E-state index contributed by atoms with van der Waals surface area (Å²) in [5.74, 6) is -0.103. The van der Waals surface area contributed by atoms with Crippen molar-refractivity contribution < 1.29 is 9.18 Å². The molecule has 110 valence electrons. The van der Waals surface area contributed by atoms with E-state index in [-0.39, 0.29) is 22.2 Å². The molecule has 1 amide bonds. The lowest BCUT2D eigenvalue weighted by Gasteiger charge is -2.19. The van der Waals surface area contributed by atoms with E-state index in [0.29, 0.717) is 6.04 Å². The topological polar surface area (TPSA) is 29.1 Å². The van der Waals surface area contributed by atoms with Crippen LogP contribution in [0.1, 0.15) is 50.3 Å². The molecule has 1 N–H and O–H groups in total. The Morgan fingerprint density at radius 3 is 2.45 bits per heavy atom. The number of amides is 1. The smallest absolute Gasteiger partial charge is 0.233 e. The van der Waals surface area contributed by atoms with E-state index in [1.165, 1.54) is 25.0 Å². The van der Waals surface area contributed by atoms with Gasteiger partial charge >= 0.3 is 0 Å². The Bertz CT molecular complexity index is 442. The number of thioether (sulfide) groups is 1. The first-order valence-corrected chi connectivity index (χ1v) is 8.22. The lowest BCUT2D eigenvalue weighted by Crippen LogP contribution is -2.37. The van der Waals surface area contributed by atoms with Gasteiger partial charge in [0.2, 0.25) is 5.91 Å². The molecular weight excluding hydrogens is 273 g/mol. The molecule has 20 heavy (non-hydrogen) atoms. The van der Waals surface area contributed by atoms with Gasteiger partial charge in [-0.3, -0.25) is 4.79 Å². The van der Waals surface area contributed by atoms with Crippen molar-refractivity contribution >= 4 is 17.7 Å². The van der Waals surface area contributed by atoms with Crippen LogP contribution < -0.4 is 5.32 Å². The third-order valence-electron chi connectivity index (χ3n) is 3.82. The molecule has 0 aromatic heterocycles. The maximum atomic E-state index is 12.9. The monoisotopic (exact) mass is 295 g/mol. The van der Waals surface area contributed by atoms with Crippen molar-refractivity contribution in [3.63, 3.8) is 0 Å². The van der Waals surface area contributed by atoms with Crippen LogP contribution in [0.2, 0.25) is 0 Å². The Balaban J connectivity index is 1.84. The predicted octanol–water partition coefficient (Wildman–Crippen LogP) is 4.07. The van der Waals surface area contributed by atoms with Gasteiger partial charge in [-0.25, -0.2) is 4.39 Å². The molecule has 1 fully saturated rings. The summed E-state index contributed by atoms with van der Waals surface area (Å²) in [6.07, 6.45) is 4.66. The summed E-state index contributed by atoms with van der Waals surface area (Å²) in [7, 11) is 0. The van der Waals surface area contributed by atoms with Crippen LogP contribution in [0.5, 0.6) is 0 Å². The number of hydrogen-bond acceptors (Lipinski definition) is 2. The molecule has 0 heterocycles. The van der Waals surface area contributed by atoms with E-state index in [1.807, 2.05) is 6.92 Å². The molecule has 1 aromatic carbocycles. The standard InChI is InChI=1S/C16H22FNOS/c1-11(13-7-9-14(17)10-8-13)20-12(2)16(19)18-15-5-3-4-6-15/h7-12,15H,3-6H2,1-2H3,(H,18,19). The number of rotatable bonds is 5. The number of hydrogen-bond donors (Lipinski definition) is 1. The number of carbonyl (C=O) groups is 1. The van der Waals surface area contributed by atoms with E-state index in [0.717, 1.165) is 18.4 Å². The lowest BCUT2D eigenvalue weighted by molar-refractivity contribution is -0.120. The zero-order valence-corrected chi connectivity index (χ0v) is 12.9. The summed E-state index contributed by atoms with van der Waals surface area (Å²) in [6.45, 7) is 3.99. The lowest BCUT2D eigenvalue weighted by atomic mass is 10.2. The first kappa shape index (κ1) is 15.4. The number of benzene rings is 1. The fourth-order valence-corrected chi connectivity index (χ4v) is 3.69. The summed E-state index contributed by atoms with van der Waals surface area (Å²) in [5, 5.41) is 3.22. The quantitative estimate of drug-likeness (QED) is 0.887. The van der Waals surface area contributed by atoms with Crippen molar-refractivity contribution in [2.45, 2.75) is 56.1 Å². The van der Waals surface area contributed by atoms with Crippen LogP contribution in [-0.4, -0.2) is 17.2 Å². The second-order valence-corrected chi connectivity index (χ2v) is 7.15. The molecule has 0 radical (unpaired) electrons. The third-order valence-corrected chi connectivity index (χ3v) is 5.12. The molecule has 1 aromatic rings. The Kier molecular flexibility index (Phi) is 5.46. The van der Waals surface area contributed by atoms with Crippen LogP contribution in [0, 0.1) is 5.82 Å². The van der Waals surface area contributed by atoms with Gasteiger partial charge in [-0.15, -0.1) is 11.8 Å². The molecule has 4 heteroatoms. The Morgan fingerprint density at radius 1 is 1.25 bits per heavy atom. The summed E-state index contributed by atoms with van der Waals surface area (Å²) in [5.41, 5.74) is 1.05. The van der Waals surface area contributed by atoms with Gasteiger partial charge in [0.25, 0.3) is 0 Å². The summed E-state index contributed by atoms with van der Waals surface area (Å²) in [6, 6.07) is 6.88. The van der Waals surface area contributed by atoms with Gasteiger partial charge in [-0.05, 0) is 44.4 Å². The van der Waals surface area contributed by atoms with Gasteiger partial charge in [0.15, 0.2) is 0 Å². The molecular formula is C16H22FNOS. The average molecular weight is 295 g/mol. The zero-order valence-electron chi connectivity index (χ0n) is 12.1. The SMILES string of the molecule is CC(SC(C)c1ccc(F)cc1)C(=O)NC1CCCC1. The predicted molar refractivity (Wildman–Crippen MR) is 82.3 cm³/mol. The minimum Gasteiger partial charge on any atom is -0.352 e. The van der Waals surface area contributed by atoms with Crippen molar-refractivity contribution in [1.29, 1.82) is 0 Å². The molecule has 2 nitrogen and oxygen atoms in total. The summed E-state index contributed by atoms with van der Waals surface area (Å²) in [4.78, 5) is 12.1. The number of halogens is 1. The molecule has 0 aliphatic heterocycles. The molecule has 1 aliphatic rings. The van der Waals surface area contributed by atoms with Crippen molar-refractivity contribution in [2.24, 2.45) is 0 Å². The Morgan fingerprint density at radius 2 is 1.85 bits per heavy atom. The highest BCUT2D eigenvalue weighted by Gasteiger charge is 2.22. The minimum atomic E-state index is -0.224. The highest BCUT2D eigenvalue weighted by Crippen LogP contribution is 2.32. The first-order valence-electron chi connectivity index (χ1n) is 7.27. The van der Waals surface area contributed by atoms with Crippen molar-refractivity contribution in [3.8, 4) is 0 Å². The average Bonchev–Trinajstić information content (AvgIpc) is 2.92. The van der Waals surface area contributed by atoms with Gasteiger partial charge in [0.05, 0.1) is 5.25 Å². The zero-order chi connectivity index (χ0) is 14.5. The molecule has 1 aliphatic carbocycles. The second kappa shape index (κ2) is 7.11. The molecule has 2 atom stereocenters. The minimum absolute atomic E-state index is 0.0874. The summed E-state index contributed by atoms with van der Waals surface area (Å²) >= 11 is 1.62. The molecule has 1 saturated carbocycles. The molecule has 0 spiro atoms. The van der Waals surface area contributed by atoms with Gasteiger partial charge < -0.3 is 5.32 Å². The van der Waals surface area contributed by atoms with E-state index in [2.05, 4.69) is 12.2 Å². The molecule has 0 saturated heterocycles. The van der Waals surface area contributed by atoms with E-state index >= 15 is 0 Å². The maximum Gasteiger partial charge on any atom is 0.233 e. The summed E-state index contributed by atoms with van der Waals surface area (Å²) < 4.78 is 12.9. The van der Waals surface area contributed by atoms with E-state index in [1.54, 1.807) is 23.9 Å². The largest absolute Gasteiger partial charge is 0.352 e. The van der Waals surface area contributed by atoms with E-state index in [4.69, 9.17) is 0 Å². The molecule has 0 bridgehead atoms. The van der Waals surface area contributed by atoms with Crippen LogP contribution in [0.15, 0.2) is 24.3 Å². The molecule has 2 rings (SSSR count). The van der Waals surface area contributed by atoms with E-state index in [9.17, 15) is 9.18 Å². The maximum absolute atomic E-state index is 12.9. The van der Waals surface area contributed by atoms with Crippen molar-refractivity contribution in [3.05, 3.63) is 35.6 Å². The van der Waals surface area contributed by atoms with Gasteiger partial charge in [0.1, 0.15) is 5.82 Å². The first-order chi connectivity index (χ1) is 9.56. The van der Waals surface area contributed by atoms with Gasteiger partial charge in [-0.1, -0.05) is 25.0 Å². The van der Waals surface area contributed by atoms with E-state index < -0.39 is 0 Å². The number of carbonyl (C=O) groups excluding carboxylic acids is 1. The molecule has 2 unspecified atom stereocenters. The van der Waals surface area contributed by atoms with Crippen LogP contribution in [0.4, 0.5) is 4.39 Å². The fraction of sp³-hybridized carbons (Fsp3) is 0.562. The van der Waals surface area contributed by atoms with Crippen LogP contribution >= 0.6 is 11.8 Å². The van der Waals surface area contributed by atoms with Crippen molar-refractivity contribution in [1.82, 2.24) is 5.32 Å². The van der Waals surface area contributed by atoms with Gasteiger partial charge in [-0.2, -0.15) is 0 Å². The van der Waals surface area contributed by atoms with Crippen LogP contribution in [0.3, 0.4) is 0 Å². The highest BCUT2D eigenvalue weighted by molar-refractivity contribution is 8.00. The highest BCUT2D eigenvalue weighted by atomic mass is 32.2. The van der Waals surface area contributed by atoms with Gasteiger partial charge in [0, 0.05) is 11.3 Å². The Hall–Kier alpha value is -1.03. The van der Waals surface area contributed by atoms with Crippen LogP contribution in [0.25, 0.3) is 0 Å². The third kappa shape index (κ3) is 4.23. The number of nitrogens with one attached hydrogen (secondary N) is 1. The van der Waals surface area contributed by atoms with Crippen LogP contribution in [-0.2, 0) is 4.79 Å². The Labute approximate surface area is 124 Å². The normalized spacial score (nSPS) is 18.8. The second-order valence-electron chi connectivity index (χ2n) is 5.46. The fourth-order valence-electron chi connectivity index (χ4n) is 2.57. The van der Waals surface area contributed by atoms with Crippen molar-refractivity contribution in [2.75, 3.05) is 0 Å².